The van der Waals surface area contributed by atoms with Gasteiger partial charge in [-0.25, -0.2) is 0 Å². The van der Waals surface area contributed by atoms with Crippen molar-refractivity contribution < 1.29 is 4.79 Å². The molecule has 5 fully saturated rings. The zero-order valence-electron chi connectivity index (χ0n) is 12.7. The maximum absolute atomic E-state index is 12.7. The van der Waals surface area contributed by atoms with Crippen molar-refractivity contribution in [3.63, 3.8) is 0 Å². The Labute approximate surface area is 122 Å². The maximum Gasteiger partial charge on any atom is 0.223 e. The molecule has 3 heteroatoms. The van der Waals surface area contributed by atoms with Gasteiger partial charge in [-0.3, -0.25) is 4.79 Å². The van der Waals surface area contributed by atoms with Crippen molar-refractivity contribution in [2.75, 3.05) is 19.6 Å². The predicted molar refractivity (Wildman–Crippen MR) is 79.3 cm³/mol. The highest BCUT2D eigenvalue weighted by Gasteiger charge is 2.51. The summed E-state index contributed by atoms with van der Waals surface area (Å²) >= 11 is 0. The Hall–Kier alpha value is -0.570. The summed E-state index contributed by atoms with van der Waals surface area (Å²) in [7, 11) is 0. The second kappa shape index (κ2) is 4.72. The van der Waals surface area contributed by atoms with Crippen LogP contribution in [0.25, 0.3) is 0 Å². The van der Waals surface area contributed by atoms with Gasteiger partial charge in [0.2, 0.25) is 5.91 Å². The molecule has 1 amide bonds. The monoisotopic (exact) mass is 276 g/mol. The lowest BCUT2D eigenvalue weighted by atomic mass is 9.49. The maximum atomic E-state index is 12.7. The van der Waals surface area contributed by atoms with Crippen LogP contribution in [0.4, 0.5) is 0 Å². The fraction of sp³-hybridized carbons (Fsp3) is 0.941. The van der Waals surface area contributed by atoms with E-state index in [1.807, 2.05) is 0 Å². The first-order valence-electron chi connectivity index (χ1n) is 8.63. The second-order valence-electron chi connectivity index (χ2n) is 8.29. The van der Waals surface area contributed by atoms with Crippen LogP contribution in [0.3, 0.4) is 0 Å². The molecule has 0 aromatic heterocycles. The fourth-order valence-electron chi connectivity index (χ4n) is 6.10. The molecular weight excluding hydrogens is 248 g/mol. The van der Waals surface area contributed by atoms with Gasteiger partial charge in [0, 0.05) is 32.1 Å². The van der Waals surface area contributed by atoms with Crippen LogP contribution in [0.1, 0.15) is 51.9 Å². The molecule has 20 heavy (non-hydrogen) atoms. The Morgan fingerprint density at radius 1 is 1.15 bits per heavy atom. The molecule has 5 rings (SSSR count). The van der Waals surface area contributed by atoms with Gasteiger partial charge in [0.1, 0.15) is 0 Å². The van der Waals surface area contributed by atoms with E-state index in [4.69, 9.17) is 0 Å². The minimum absolute atomic E-state index is 0.403. The summed E-state index contributed by atoms with van der Waals surface area (Å²) in [5.41, 5.74) is 0.403. The predicted octanol–water partition coefficient (Wildman–Crippen LogP) is 2.41. The first-order valence-corrected chi connectivity index (χ1v) is 8.63. The third-order valence-electron chi connectivity index (χ3n) is 6.41. The summed E-state index contributed by atoms with van der Waals surface area (Å²) in [6.45, 7) is 4.97. The number of piperazine rings is 1. The average molecular weight is 276 g/mol. The number of rotatable bonds is 2. The number of hydrogen-bond donors (Lipinski definition) is 1. The van der Waals surface area contributed by atoms with Crippen LogP contribution in [-0.4, -0.2) is 36.5 Å². The minimum Gasteiger partial charge on any atom is -0.340 e. The number of nitrogens with one attached hydrogen (secondary N) is 1. The SMILES string of the molecule is C[C@H]1CN(C(=O)CC23CC4CC(CC(C4)C2)C3)CCN1. The van der Waals surface area contributed by atoms with Gasteiger partial charge in [0.15, 0.2) is 0 Å². The third kappa shape index (κ3) is 2.28. The Bertz CT molecular complexity index is 371. The summed E-state index contributed by atoms with van der Waals surface area (Å²) in [4.78, 5) is 14.9. The Morgan fingerprint density at radius 3 is 2.30 bits per heavy atom. The molecule has 1 heterocycles. The minimum atomic E-state index is 0.403. The Morgan fingerprint density at radius 2 is 1.75 bits per heavy atom. The van der Waals surface area contributed by atoms with Crippen LogP contribution in [0.2, 0.25) is 0 Å². The van der Waals surface area contributed by atoms with E-state index in [1.54, 1.807) is 0 Å². The molecule has 1 aliphatic heterocycles. The normalized spacial score (nSPS) is 46.8. The summed E-state index contributed by atoms with van der Waals surface area (Å²) in [6.07, 6.45) is 9.32. The molecule has 5 aliphatic rings. The summed E-state index contributed by atoms with van der Waals surface area (Å²) < 4.78 is 0. The molecule has 0 aromatic carbocycles. The van der Waals surface area contributed by atoms with E-state index < -0.39 is 0 Å². The second-order valence-corrected chi connectivity index (χ2v) is 8.29. The highest BCUT2D eigenvalue weighted by molar-refractivity contribution is 5.77. The first-order chi connectivity index (χ1) is 9.62. The smallest absolute Gasteiger partial charge is 0.223 e. The van der Waals surface area contributed by atoms with Crippen LogP contribution < -0.4 is 5.32 Å². The molecule has 4 bridgehead atoms. The van der Waals surface area contributed by atoms with Crippen molar-refractivity contribution in [3.05, 3.63) is 0 Å². The van der Waals surface area contributed by atoms with Gasteiger partial charge in [0.05, 0.1) is 0 Å². The fourth-order valence-corrected chi connectivity index (χ4v) is 6.10. The molecule has 1 saturated heterocycles. The van der Waals surface area contributed by atoms with Crippen LogP contribution >= 0.6 is 0 Å². The molecule has 1 atom stereocenters. The molecule has 0 radical (unpaired) electrons. The lowest BCUT2D eigenvalue weighted by Gasteiger charge is -2.57. The molecular formula is C17H28N2O. The molecule has 3 nitrogen and oxygen atoms in total. The van der Waals surface area contributed by atoms with Crippen molar-refractivity contribution in [2.45, 2.75) is 57.9 Å². The van der Waals surface area contributed by atoms with E-state index in [-0.39, 0.29) is 0 Å². The molecule has 1 N–H and O–H groups in total. The van der Waals surface area contributed by atoms with E-state index >= 15 is 0 Å². The summed E-state index contributed by atoms with van der Waals surface area (Å²) in [6, 6.07) is 0.462. The zero-order chi connectivity index (χ0) is 13.7. The van der Waals surface area contributed by atoms with Crippen molar-refractivity contribution in [2.24, 2.45) is 23.2 Å². The van der Waals surface area contributed by atoms with Gasteiger partial charge >= 0.3 is 0 Å². The van der Waals surface area contributed by atoms with E-state index in [2.05, 4.69) is 17.1 Å². The highest BCUT2D eigenvalue weighted by atomic mass is 16.2. The van der Waals surface area contributed by atoms with Gasteiger partial charge in [-0.15, -0.1) is 0 Å². The van der Waals surface area contributed by atoms with Crippen molar-refractivity contribution >= 4 is 5.91 Å². The van der Waals surface area contributed by atoms with Crippen molar-refractivity contribution in [1.29, 1.82) is 0 Å². The quantitative estimate of drug-likeness (QED) is 0.840. The van der Waals surface area contributed by atoms with E-state index in [1.165, 1.54) is 38.5 Å². The summed E-state index contributed by atoms with van der Waals surface area (Å²) in [5.74, 6) is 3.31. The van der Waals surface area contributed by atoms with Crippen LogP contribution in [0, 0.1) is 23.2 Å². The standard InChI is InChI=1S/C17H28N2O/c1-12-11-19(3-2-18-12)16(20)10-17-7-13-4-14(8-17)6-15(5-13)9-17/h12-15,18H,2-11H2,1H3/t12-,13?,14?,15?,17?/m0/s1. The van der Waals surface area contributed by atoms with E-state index in [0.717, 1.165) is 43.8 Å². The molecule has 4 aliphatic carbocycles. The zero-order valence-corrected chi connectivity index (χ0v) is 12.7. The van der Waals surface area contributed by atoms with Gasteiger partial charge < -0.3 is 10.2 Å². The van der Waals surface area contributed by atoms with Gasteiger partial charge in [-0.2, -0.15) is 0 Å². The molecule has 4 saturated carbocycles. The van der Waals surface area contributed by atoms with E-state index in [0.29, 0.717) is 17.4 Å². The number of nitrogens with zero attached hydrogens (tertiary/aromatic N) is 1. The molecule has 0 aromatic rings. The van der Waals surface area contributed by atoms with Gasteiger partial charge in [-0.05, 0) is 68.6 Å². The lowest BCUT2D eigenvalue weighted by Crippen LogP contribution is -2.53. The van der Waals surface area contributed by atoms with Crippen molar-refractivity contribution in [3.8, 4) is 0 Å². The van der Waals surface area contributed by atoms with Gasteiger partial charge in [-0.1, -0.05) is 0 Å². The average Bonchev–Trinajstić information content (AvgIpc) is 2.36. The molecule has 112 valence electrons. The Kier molecular flexibility index (Phi) is 3.10. The van der Waals surface area contributed by atoms with Crippen LogP contribution in [0.5, 0.6) is 0 Å². The third-order valence-corrected chi connectivity index (χ3v) is 6.41. The largest absolute Gasteiger partial charge is 0.340 e. The van der Waals surface area contributed by atoms with Crippen LogP contribution in [0.15, 0.2) is 0 Å². The van der Waals surface area contributed by atoms with Crippen molar-refractivity contribution in [1.82, 2.24) is 10.2 Å². The number of hydrogen-bond acceptors (Lipinski definition) is 2. The number of carbonyl (C=O) groups is 1. The first kappa shape index (κ1) is 13.1. The van der Waals surface area contributed by atoms with E-state index in [9.17, 15) is 4.79 Å². The molecule has 0 unspecified atom stereocenters. The topological polar surface area (TPSA) is 32.3 Å². The highest BCUT2D eigenvalue weighted by Crippen LogP contribution is 2.61. The van der Waals surface area contributed by atoms with Gasteiger partial charge in [0.25, 0.3) is 0 Å². The Balaban J connectivity index is 1.44. The number of carbonyl (C=O) groups excluding carboxylic acids is 1. The van der Waals surface area contributed by atoms with Crippen LogP contribution in [-0.2, 0) is 4.79 Å². The molecule has 0 spiro atoms. The lowest BCUT2D eigenvalue weighted by molar-refractivity contribution is -0.140. The number of amides is 1. The summed E-state index contributed by atoms with van der Waals surface area (Å²) in [5, 5.41) is 3.43.